The highest BCUT2D eigenvalue weighted by molar-refractivity contribution is 5.74. The van der Waals surface area contributed by atoms with Gasteiger partial charge in [-0.2, -0.15) is 20.8 Å². The highest BCUT2D eigenvalue weighted by atomic mass is 16.5. The van der Waals surface area contributed by atoms with Crippen molar-refractivity contribution in [1.29, 1.82) is 15.8 Å². The van der Waals surface area contributed by atoms with Gasteiger partial charge in [-0.1, -0.05) is 0 Å². The van der Waals surface area contributed by atoms with Crippen LogP contribution >= 0.6 is 0 Å². The van der Waals surface area contributed by atoms with Gasteiger partial charge in [0.15, 0.2) is 0 Å². The van der Waals surface area contributed by atoms with Crippen LogP contribution in [0, 0.1) is 39.9 Å². The standard InChI is InChI=1S/C17H12N6O2/c1-24-9-2-3-12-10(4-9)13(8(5-18)6-19)14-15(21)11(7-20)16(22)23-17(14)25-12/h2-4,8,13H,1H3,(H4,21,22,23). The number of anilines is 2. The smallest absolute Gasteiger partial charge is 0.227 e. The van der Waals surface area contributed by atoms with Gasteiger partial charge in [-0.25, -0.2) is 0 Å². The first-order chi connectivity index (χ1) is 12.0. The fourth-order valence-electron chi connectivity index (χ4n) is 2.88. The molecule has 0 spiro atoms. The zero-order chi connectivity index (χ0) is 18.1. The maximum Gasteiger partial charge on any atom is 0.227 e. The van der Waals surface area contributed by atoms with E-state index >= 15 is 0 Å². The first kappa shape index (κ1) is 15.9. The number of pyridine rings is 1. The van der Waals surface area contributed by atoms with Gasteiger partial charge in [0, 0.05) is 17.0 Å². The first-order valence-electron chi connectivity index (χ1n) is 7.19. The van der Waals surface area contributed by atoms with Gasteiger partial charge in [-0.15, -0.1) is 0 Å². The number of fused-ring (bicyclic) bond motifs is 2. The van der Waals surface area contributed by atoms with Gasteiger partial charge in [0.1, 0.15) is 34.9 Å². The lowest BCUT2D eigenvalue weighted by Crippen LogP contribution is -2.21. The number of rotatable bonds is 2. The van der Waals surface area contributed by atoms with Crippen LogP contribution in [0.5, 0.6) is 17.4 Å². The number of methoxy groups -OCH3 is 1. The number of aromatic nitrogens is 1. The number of benzene rings is 1. The molecule has 0 amide bonds. The fraction of sp³-hybridized carbons (Fsp3) is 0.176. The average molecular weight is 332 g/mol. The predicted molar refractivity (Wildman–Crippen MR) is 87.4 cm³/mol. The number of nitrogens with two attached hydrogens (primary N) is 2. The fourth-order valence-corrected chi connectivity index (χ4v) is 2.88. The van der Waals surface area contributed by atoms with Crippen molar-refractivity contribution in [3.05, 3.63) is 34.9 Å². The predicted octanol–water partition coefficient (Wildman–Crippen LogP) is 2.03. The molecule has 0 saturated carbocycles. The van der Waals surface area contributed by atoms with Gasteiger partial charge in [-0.05, 0) is 18.2 Å². The Hall–Kier alpha value is -3.96. The summed E-state index contributed by atoms with van der Waals surface area (Å²) in [5.74, 6) is -0.832. The molecule has 0 fully saturated rings. The number of hydrogen-bond donors (Lipinski definition) is 2. The number of ether oxygens (including phenoxy) is 2. The van der Waals surface area contributed by atoms with Crippen LogP contribution in [0.25, 0.3) is 0 Å². The van der Waals surface area contributed by atoms with Crippen LogP contribution in [0.3, 0.4) is 0 Å². The average Bonchev–Trinajstić information content (AvgIpc) is 2.62. The van der Waals surface area contributed by atoms with E-state index in [9.17, 15) is 15.8 Å². The van der Waals surface area contributed by atoms with Crippen molar-refractivity contribution in [1.82, 2.24) is 4.98 Å². The highest BCUT2D eigenvalue weighted by Crippen LogP contribution is 2.50. The lowest BCUT2D eigenvalue weighted by molar-refractivity contribution is 0.401. The summed E-state index contributed by atoms with van der Waals surface area (Å²) >= 11 is 0. The topological polar surface area (TPSA) is 155 Å². The molecule has 8 heteroatoms. The molecule has 0 radical (unpaired) electrons. The summed E-state index contributed by atoms with van der Waals surface area (Å²) in [6, 6.07) is 10.8. The molecule has 25 heavy (non-hydrogen) atoms. The zero-order valence-electron chi connectivity index (χ0n) is 13.1. The molecule has 1 aromatic carbocycles. The minimum absolute atomic E-state index is 0.00618. The second-order valence-corrected chi connectivity index (χ2v) is 5.34. The van der Waals surface area contributed by atoms with Crippen LogP contribution in [0.4, 0.5) is 11.5 Å². The van der Waals surface area contributed by atoms with Gasteiger partial charge in [0.2, 0.25) is 5.88 Å². The molecule has 1 aliphatic rings. The van der Waals surface area contributed by atoms with E-state index < -0.39 is 11.8 Å². The minimum atomic E-state index is -1.06. The Balaban J connectivity index is 2.35. The highest BCUT2D eigenvalue weighted by Gasteiger charge is 2.38. The van der Waals surface area contributed by atoms with E-state index in [0.717, 1.165) is 0 Å². The lowest BCUT2D eigenvalue weighted by atomic mass is 9.79. The maximum absolute atomic E-state index is 9.43. The normalized spacial score (nSPS) is 14.3. The third-order valence-electron chi connectivity index (χ3n) is 4.06. The summed E-state index contributed by atoms with van der Waals surface area (Å²) in [6.07, 6.45) is 0. The molecule has 4 N–H and O–H groups in total. The summed E-state index contributed by atoms with van der Waals surface area (Å²) < 4.78 is 11.0. The van der Waals surface area contributed by atoms with Gasteiger partial charge in [0.25, 0.3) is 0 Å². The second-order valence-electron chi connectivity index (χ2n) is 5.34. The monoisotopic (exact) mass is 332 g/mol. The van der Waals surface area contributed by atoms with E-state index in [4.69, 9.17) is 20.9 Å². The van der Waals surface area contributed by atoms with Crippen molar-refractivity contribution in [3.63, 3.8) is 0 Å². The van der Waals surface area contributed by atoms with Crippen LogP contribution in [0.1, 0.15) is 22.6 Å². The summed E-state index contributed by atoms with van der Waals surface area (Å²) in [5.41, 5.74) is 12.8. The number of nitrogen functional groups attached to an aromatic ring is 2. The molecule has 1 atom stereocenters. The molecule has 1 unspecified atom stereocenters. The van der Waals surface area contributed by atoms with Gasteiger partial charge < -0.3 is 20.9 Å². The Morgan fingerprint density at radius 2 is 1.96 bits per heavy atom. The van der Waals surface area contributed by atoms with Crippen molar-refractivity contribution < 1.29 is 9.47 Å². The van der Waals surface area contributed by atoms with Crippen LogP contribution < -0.4 is 20.9 Å². The molecule has 0 saturated heterocycles. The van der Waals surface area contributed by atoms with Gasteiger partial charge in [-0.3, -0.25) is 0 Å². The largest absolute Gasteiger partial charge is 0.497 e. The van der Waals surface area contributed by atoms with Crippen LogP contribution in [-0.4, -0.2) is 12.1 Å². The quantitative estimate of drug-likeness (QED) is 0.846. The first-order valence-corrected chi connectivity index (χ1v) is 7.19. The Morgan fingerprint density at radius 3 is 2.56 bits per heavy atom. The van der Waals surface area contributed by atoms with E-state index in [1.54, 1.807) is 18.2 Å². The van der Waals surface area contributed by atoms with E-state index in [1.807, 2.05) is 18.2 Å². The molecule has 2 heterocycles. The second kappa shape index (κ2) is 5.92. The zero-order valence-corrected chi connectivity index (χ0v) is 13.1. The minimum Gasteiger partial charge on any atom is -0.497 e. The summed E-state index contributed by atoms with van der Waals surface area (Å²) in [7, 11) is 1.50. The van der Waals surface area contributed by atoms with Crippen molar-refractivity contribution in [3.8, 4) is 35.6 Å². The van der Waals surface area contributed by atoms with Crippen LogP contribution in [0.15, 0.2) is 18.2 Å². The third-order valence-corrected chi connectivity index (χ3v) is 4.06. The Bertz CT molecular complexity index is 982. The molecule has 0 aliphatic carbocycles. The van der Waals surface area contributed by atoms with Crippen molar-refractivity contribution in [2.24, 2.45) is 5.92 Å². The SMILES string of the molecule is COc1ccc2c(c1)C(C(C#N)C#N)c1c(nc(N)c(C#N)c1N)O2. The van der Waals surface area contributed by atoms with E-state index in [0.29, 0.717) is 22.6 Å². The number of hydrogen-bond acceptors (Lipinski definition) is 8. The summed E-state index contributed by atoms with van der Waals surface area (Å²) in [5, 5.41) is 28.1. The van der Waals surface area contributed by atoms with Crippen molar-refractivity contribution >= 4 is 11.5 Å². The molecule has 1 aromatic heterocycles. The van der Waals surface area contributed by atoms with Crippen LogP contribution in [-0.2, 0) is 0 Å². The molecule has 8 nitrogen and oxygen atoms in total. The third kappa shape index (κ3) is 2.32. The van der Waals surface area contributed by atoms with Gasteiger partial charge in [0.05, 0.1) is 24.9 Å². The van der Waals surface area contributed by atoms with E-state index in [2.05, 4.69) is 4.98 Å². The van der Waals surface area contributed by atoms with E-state index in [1.165, 1.54) is 7.11 Å². The molecule has 1 aliphatic heterocycles. The molecule has 0 bridgehead atoms. The molecule has 3 rings (SSSR count). The van der Waals surface area contributed by atoms with Crippen molar-refractivity contribution in [2.75, 3.05) is 18.6 Å². The molecule has 122 valence electrons. The lowest BCUT2D eigenvalue weighted by Gasteiger charge is -2.29. The summed E-state index contributed by atoms with van der Waals surface area (Å²) in [6.45, 7) is 0. The maximum atomic E-state index is 9.43. The van der Waals surface area contributed by atoms with E-state index in [-0.39, 0.29) is 22.9 Å². The van der Waals surface area contributed by atoms with Crippen LogP contribution in [0.2, 0.25) is 0 Å². The van der Waals surface area contributed by atoms with Crippen molar-refractivity contribution in [2.45, 2.75) is 5.92 Å². The molecular formula is C17H12N6O2. The number of nitriles is 3. The summed E-state index contributed by atoms with van der Waals surface area (Å²) in [4.78, 5) is 4.09. The number of nitrogens with zero attached hydrogens (tertiary/aromatic N) is 4. The molecule has 2 aromatic rings. The molecular weight excluding hydrogens is 320 g/mol. The Labute approximate surface area is 143 Å². The Morgan fingerprint density at radius 1 is 1.24 bits per heavy atom. The van der Waals surface area contributed by atoms with Gasteiger partial charge >= 0.3 is 0 Å². The Kier molecular flexibility index (Phi) is 3.77.